The predicted octanol–water partition coefficient (Wildman–Crippen LogP) is 4.10. The van der Waals surface area contributed by atoms with Crippen molar-refractivity contribution < 1.29 is 14.2 Å². The molecule has 1 heterocycles. The summed E-state index contributed by atoms with van der Waals surface area (Å²) in [5, 5.41) is 0. The summed E-state index contributed by atoms with van der Waals surface area (Å²) in [6, 6.07) is 15.3. The van der Waals surface area contributed by atoms with E-state index >= 15 is 0 Å². The highest BCUT2D eigenvalue weighted by atomic mass is 16.7. The topological polar surface area (TPSA) is 53.7 Å². The van der Waals surface area contributed by atoms with Crippen molar-refractivity contribution in [3.8, 4) is 11.5 Å². The average molecular weight is 299 g/mol. The van der Waals surface area contributed by atoms with Gasteiger partial charge in [-0.3, -0.25) is 0 Å². The minimum absolute atomic E-state index is 0.125. The summed E-state index contributed by atoms with van der Waals surface area (Å²) >= 11 is 0. The van der Waals surface area contributed by atoms with Gasteiger partial charge >= 0.3 is 0 Å². The van der Waals surface area contributed by atoms with Crippen LogP contribution in [0.2, 0.25) is 0 Å². The molecule has 1 aliphatic heterocycles. The normalized spacial score (nSPS) is 18.1. The first-order valence-corrected chi connectivity index (χ1v) is 7.66. The Balaban J connectivity index is 1.70. The average Bonchev–Trinajstić information content (AvgIpc) is 2.57. The number of benzene rings is 2. The lowest BCUT2D eigenvalue weighted by Crippen LogP contribution is -2.22. The first-order chi connectivity index (χ1) is 10.8. The third kappa shape index (κ3) is 4.00. The van der Waals surface area contributed by atoms with E-state index in [9.17, 15) is 0 Å². The van der Waals surface area contributed by atoms with Crippen LogP contribution in [0.5, 0.6) is 11.5 Å². The van der Waals surface area contributed by atoms with Crippen LogP contribution in [-0.4, -0.2) is 12.9 Å². The molecule has 1 atom stereocenters. The molecule has 0 amide bonds. The van der Waals surface area contributed by atoms with Gasteiger partial charge in [0.2, 0.25) is 0 Å². The maximum Gasteiger partial charge on any atom is 0.158 e. The Bertz CT molecular complexity index is 595. The Hall–Kier alpha value is -2.04. The van der Waals surface area contributed by atoms with Crippen molar-refractivity contribution >= 4 is 5.69 Å². The summed E-state index contributed by atoms with van der Waals surface area (Å²) in [6.45, 7) is 1.20. The summed E-state index contributed by atoms with van der Waals surface area (Å²) in [6.07, 6.45) is 3.08. The molecule has 3 rings (SSSR count). The highest BCUT2D eigenvalue weighted by Crippen LogP contribution is 2.28. The Labute approximate surface area is 130 Å². The molecule has 0 bridgehead atoms. The zero-order chi connectivity index (χ0) is 15.2. The second-order valence-electron chi connectivity index (χ2n) is 5.39. The van der Waals surface area contributed by atoms with E-state index in [1.807, 2.05) is 48.5 Å². The maximum atomic E-state index is 5.93. The van der Waals surface area contributed by atoms with Gasteiger partial charge in [-0.1, -0.05) is 18.2 Å². The van der Waals surface area contributed by atoms with E-state index in [4.69, 9.17) is 19.9 Å². The molecule has 1 aliphatic rings. The number of rotatable bonds is 5. The first kappa shape index (κ1) is 14.9. The lowest BCUT2D eigenvalue weighted by Gasteiger charge is -2.23. The molecule has 4 nitrogen and oxygen atoms in total. The van der Waals surface area contributed by atoms with Gasteiger partial charge in [-0.25, -0.2) is 0 Å². The van der Waals surface area contributed by atoms with E-state index in [0.29, 0.717) is 12.3 Å². The van der Waals surface area contributed by atoms with Crippen LogP contribution in [0.15, 0.2) is 48.5 Å². The molecule has 1 fully saturated rings. The summed E-state index contributed by atoms with van der Waals surface area (Å²) < 4.78 is 17.4. The smallest absolute Gasteiger partial charge is 0.158 e. The standard InChI is InChI=1S/C18H21NO3/c19-15-9-10-17(22-16-6-2-1-3-7-16)14(12-15)13-21-18-8-4-5-11-20-18/h1-3,6-7,9-10,12,18H,4-5,8,11,13,19H2. The molecule has 0 radical (unpaired) electrons. The van der Waals surface area contributed by atoms with Crippen molar-refractivity contribution in [2.24, 2.45) is 0 Å². The van der Waals surface area contributed by atoms with Crippen LogP contribution >= 0.6 is 0 Å². The minimum atomic E-state index is -0.125. The lowest BCUT2D eigenvalue weighted by atomic mass is 10.2. The Kier molecular flexibility index (Phi) is 4.93. The zero-order valence-electron chi connectivity index (χ0n) is 12.5. The van der Waals surface area contributed by atoms with E-state index in [1.54, 1.807) is 0 Å². The van der Waals surface area contributed by atoms with E-state index in [2.05, 4.69) is 0 Å². The van der Waals surface area contributed by atoms with Crippen molar-refractivity contribution in [2.75, 3.05) is 12.3 Å². The van der Waals surface area contributed by atoms with E-state index < -0.39 is 0 Å². The molecule has 1 saturated heterocycles. The Morgan fingerprint density at radius 2 is 1.95 bits per heavy atom. The van der Waals surface area contributed by atoms with Crippen molar-refractivity contribution in [1.29, 1.82) is 0 Å². The number of hydrogen-bond acceptors (Lipinski definition) is 4. The largest absolute Gasteiger partial charge is 0.457 e. The zero-order valence-corrected chi connectivity index (χ0v) is 12.5. The fourth-order valence-corrected chi connectivity index (χ4v) is 2.45. The van der Waals surface area contributed by atoms with Gasteiger partial charge in [0.15, 0.2) is 6.29 Å². The molecule has 1 unspecified atom stereocenters. The van der Waals surface area contributed by atoms with Crippen LogP contribution in [0.1, 0.15) is 24.8 Å². The van der Waals surface area contributed by atoms with E-state index in [0.717, 1.165) is 42.9 Å². The quantitative estimate of drug-likeness (QED) is 0.844. The minimum Gasteiger partial charge on any atom is -0.457 e. The van der Waals surface area contributed by atoms with E-state index in [1.165, 1.54) is 0 Å². The second-order valence-corrected chi connectivity index (χ2v) is 5.39. The SMILES string of the molecule is Nc1ccc(Oc2ccccc2)c(COC2CCCCO2)c1. The molecule has 4 heteroatoms. The van der Waals surface area contributed by atoms with Gasteiger partial charge in [0.25, 0.3) is 0 Å². The number of nitrogens with two attached hydrogens (primary N) is 1. The third-order valence-electron chi connectivity index (χ3n) is 3.62. The van der Waals surface area contributed by atoms with Crippen molar-refractivity contribution in [3.05, 3.63) is 54.1 Å². The fraction of sp³-hybridized carbons (Fsp3) is 0.333. The molecule has 2 aromatic rings. The number of hydrogen-bond donors (Lipinski definition) is 1. The maximum absolute atomic E-state index is 5.93. The van der Waals surface area contributed by atoms with Crippen molar-refractivity contribution in [3.63, 3.8) is 0 Å². The van der Waals surface area contributed by atoms with Crippen LogP contribution in [0.25, 0.3) is 0 Å². The van der Waals surface area contributed by atoms with Gasteiger partial charge in [-0.05, 0) is 49.6 Å². The molecule has 0 aromatic heterocycles. The molecule has 0 aliphatic carbocycles. The third-order valence-corrected chi connectivity index (χ3v) is 3.62. The van der Waals surface area contributed by atoms with Gasteiger partial charge in [0, 0.05) is 17.9 Å². The predicted molar refractivity (Wildman–Crippen MR) is 85.8 cm³/mol. The molecule has 22 heavy (non-hydrogen) atoms. The number of anilines is 1. The molecule has 0 spiro atoms. The van der Waals surface area contributed by atoms with Crippen LogP contribution in [0, 0.1) is 0 Å². The monoisotopic (exact) mass is 299 g/mol. The highest BCUT2D eigenvalue weighted by molar-refractivity contribution is 5.48. The number of para-hydroxylation sites is 1. The molecule has 0 saturated carbocycles. The van der Waals surface area contributed by atoms with Crippen LogP contribution < -0.4 is 10.5 Å². The molecule has 2 N–H and O–H groups in total. The summed E-state index contributed by atoms with van der Waals surface area (Å²) in [7, 11) is 0. The van der Waals surface area contributed by atoms with Gasteiger partial charge in [-0.15, -0.1) is 0 Å². The molecule has 116 valence electrons. The van der Waals surface area contributed by atoms with Gasteiger partial charge < -0.3 is 19.9 Å². The highest BCUT2D eigenvalue weighted by Gasteiger charge is 2.15. The van der Waals surface area contributed by atoms with Crippen LogP contribution in [0.4, 0.5) is 5.69 Å². The van der Waals surface area contributed by atoms with Crippen molar-refractivity contribution in [2.45, 2.75) is 32.2 Å². The summed E-state index contributed by atoms with van der Waals surface area (Å²) in [5.41, 5.74) is 7.51. The van der Waals surface area contributed by atoms with Crippen molar-refractivity contribution in [1.82, 2.24) is 0 Å². The summed E-state index contributed by atoms with van der Waals surface area (Å²) in [5.74, 6) is 1.55. The first-order valence-electron chi connectivity index (χ1n) is 7.66. The lowest BCUT2D eigenvalue weighted by molar-refractivity contribution is -0.169. The Morgan fingerprint density at radius 3 is 2.73 bits per heavy atom. The molecule has 2 aromatic carbocycles. The number of ether oxygens (including phenoxy) is 3. The molecular formula is C18H21NO3. The Morgan fingerprint density at radius 1 is 1.09 bits per heavy atom. The van der Waals surface area contributed by atoms with Crippen LogP contribution in [0.3, 0.4) is 0 Å². The van der Waals surface area contributed by atoms with Crippen LogP contribution in [-0.2, 0) is 16.1 Å². The fourth-order valence-electron chi connectivity index (χ4n) is 2.45. The van der Waals surface area contributed by atoms with E-state index in [-0.39, 0.29) is 6.29 Å². The second kappa shape index (κ2) is 7.29. The van der Waals surface area contributed by atoms with Gasteiger partial charge in [-0.2, -0.15) is 0 Å². The van der Waals surface area contributed by atoms with Gasteiger partial charge in [0.05, 0.1) is 6.61 Å². The summed E-state index contributed by atoms with van der Waals surface area (Å²) in [4.78, 5) is 0. The number of nitrogen functional groups attached to an aromatic ring is 1. The molecular weight excluding hydrogens is 278 g/mol. The van der Waals surface area contributed by atoms with Gasteiger partial charge in [0.1, 0.15) is 11.5 Å².